The molecular weight excluding hydrogens is 663 g/mol. The molecule has 1 rings (SSSR count). The number of anilines is 1. The molecule has 1 aromatic rings. The minimum atomic E-state index is -1.31. The maximum Gasteiger partial charge on any atom is 0.337 e. The lowest BCUT2D eigenvalue weighted by atomic mass is 10.1. The predicted molar refractivity (Wildman–Crippen MR) is 108 cm³/mol. The lowest BCUT2D eigenvalue weighted by Gasteiger charge is -2.18. The average Bonchev–Trinajstić information content (AvgIpc) is 2.41. The van der Waals surface area contributed by atoms with Crippen LogP contribution in [0, 0.1) is 10.7 Å². The van der Waals surface area contributed by atoms with E-state index >= 15 is 0 Å². The van der Waals surface area contributed by atoms with Crippen molar-refractivity contribution < 1.29 is 34.1 Å². The fraction of sp³-hybridized carbons (Fsp3) is 0.231. The van der Waals surface area contributed by atoms with Crippen molar-refractivity contribution in [1.82, 2.24) is 0 Å². The van der Waals surface area contributed by atoms with E-state index in [1.807, 2.05) is 0 Å². The molecule has 0 saturated carbocycles. The standard InChI is InChI=1S/C13H10I3NO7/c1-3(24-4(2)18)11(19)17-10-8(15)5(12(20)21)7(14)6(9(10)16)13(22)23/h3H,1-2H3,(H,17,19)(H,20,21)(H,22,23)/t3-/m1/s1. The summed E-state index contributed by atoms with van der Waals surface area (Å²) in [6.45, 7) is 2.49. The molecule has 0 aliphatic carbocycles. The Balaban J connectivity index is 3.48. The van der Waals surface area contributed by atoms with Crippen LogP contribution in [0.5, 0.6) is 0 Å². The molecule has 0 aromatic heterocycles. The maximum atomic E-state index is 12.1. The van der Waals surface area contributed by atoms with Crippen molar-refractivity contribution in [3.05, 3.63) is 21.8 Å². The highest BCUT2D eigenvalue weighted by molar-refractivity contribution is 14.1. The number of benzene rings is 1. The number of carboxylic acid groups (broad SMARTS) is 2. The van der Waals surface area contributed by atoms with E-state index < -0.39 is 29.9 Å². The topological polar surface area (TPSA) is 130 Å². The number of rotatable bonds is 5. The van der Waals surface area contributed by atoms with E-state index in [9.17, 15) is 29.4 Å². The zero-order valence-corrected chi connectivity index (χ0v) is 18.6. The van der Waals surface area contributed by atoms with Gasteiger partial charge in [0, 0.05) is 10.5 Å². The first-order chi connectivity index (χ1) is 11.0. The van der Waals surface area contributed by atoms with Crippen molar-refractivity contribution in [2.24, 2.45) is 0 Å². The highest BCUT2D eigenvalue weighted by Gasteiger charge is 2.29. The number of ether oxygens (including phenoxy) is 1. The Bertz CT molecular complexity index is 707. The lowest BCUT2D eigenvalue weighted by molar-refractivity contribution is -0.150. The molecule has 0 radical (unpaired) electrons. The molecule has 1 aromatic carbocycles. The van der Waals surface area contributed by atoms with Crippen LogP contribution in [-0.4, -0.2) is 40.1 Å². The van der Waals surface area contributed by atoms with Gasteiger partial charge in [0.1, 0.15) is 0 Å². The summed E-state index contributed by atoms with van der Waals surface area (Å²) in [6, 6.07) is 0. The summed E-state index contributed by atoms with van der Waals surface area (Å²) >= 11 is 5.10. The van der Waals surface area contributed by atoms with E-state index in [2.05, 4.69) is 5.32 Å². The Labute approximate surface area is 177 Å². The van der Waals surface area contributed by atoms with Gasteiger partial charge >= 0.3 is 17.9 Å². The van der Waals surface area contributed by atoms with E-state index in [1.54, 1.807) is 67.8 Å². The number of carbonyl (C=O) groups is 4. The van der Waals surface area contributed by atoms with E-state index in [-0.39, 0.29) is 27.5 Å². The first-order valence-corrected chi connectivity index (χ1v) is 9.37. The maximum absolute atomic E-state index is 12.1. The number of nitrogens with one attached hydrogen (secondary N) is 1. The van der Waals surface area contributed by atoms with Gasteiger partial charge in [0.2, 0.25) is 0 Å². The number of aromatic carboxylic acids is 2. The Kier molecular flexibility index (Phi) is 7.64. The smallest absolute Gasteiger partial charge is 0.337 e. The molecule has 0 fully saturated rings. The first-order valence-electron chi connectivity index (χ1n) is 6.14. The summed E-state index contributed by atoms with van der Waals surface area (Å²) in [7, 11) is 0. The Morgan fingerprint density at radius 1 is 0.958 bits per heavy atom. The second kappa shape index (κ2) is 8.59. The lowest BCUT2D eigenvalue weighted by Crippen LogP contribution is -2.30. The summed E-state index contributed by atoms with van der Waals surface area (Å²) in [6.07, 6.45) is -1.12. The average molecular weight is 673 g/mol. The molecule has 11 heteroatoms. The highest BCUT2D eigenvalue weighted by atomic mass is 127. The van der Waals surface area contributed by atoms with Gasteiger partial charge in [0.15, 0.2) is 6.10 Å². The molecule has 1 atom stereocenters. The van der Waals surface area contributed by atoms with Gasteiger partial charge in [-0.3, -0.25) is 9.59 Å². The van der Waals surface area contributed by atoms with Crippen LogP contribution in [0.1, 0.15) is 34.6 Å². The summed E-state index contributed by atoms with van der Waals surface area (Å²) in [5, 5.41) is 21.1. The van der Waals surface area contributed by atoms with Crippen LogP contribution in [0.4, 0.5) is 5.69 Å². The second-order valence-electron chi connectivity index (χ2n) is 4.42. The fourth-order valence-corrected chi connectivity index (χ4v) is 6.04. The molecule has 1 amide bonds. The van der Waals surface area contributed by atoms with Crippen LogP contribution < -0.4 is 5.32 Å². The molecule has 0 aliphatic rings. The number of hydrogen-bond donors (Lipinski definition) is 3. The zero-order chi connectivity index (χ0) is 18.8. The number of halogens is 3. The van der Waals surface area contributed by atoms with Crippen molar-refractivity contribution in [2.45, 2.75) is 20.0 Å². The summed E-state index contributed by atoms with van der Waals surface area (Å²) in [4.78, 5) is 45.9. The molecule has 0 saturated heterocycles. The third-order valence-corrected chi connectivity index (χ3v) is 5.94. The van der Waals surface area contributed by atoms with Crippen molar-refractivity contribution in [2.75, 3.05) is 5.32 Å². The van der Waals surface area contributed by atoms with Crippen LogP contribution >= 0.6 is 67.8 Å². The molecule has 0 spiro atoms. The van der Waals surface area contributed by atoms with Gasteiger partial charge in [0.05, 0.1) is 24.0 Å². The van der Waals surface area contributed by atoms with Gasteiger partial charge in [-0.05, 0) is 74.7 Å². The number of carboxylic acids is 2. The van der Waals surface area contributed by atoms with Crippen LogP contribution in [0.15, 0.2) is 0 Å². The van der Waals surface area contributed by atoms with Crippen molar-refractivity contribution in [3.63, 3.8) is 0 Å². The molecule has 24 heavy (non-hydrogen) atoms. The van der Waals surface area contributed by atoms with Crippen molar-refractivity contribution in [3.8, 4) is 0 Å². The van der Waals surface area contributed by atoms with E-state index in [4.69, 9.17) is 4.74 Å². The number of carbonyl (C=O) groups excluding carboxylic acids is 2. The van der Waals surface area contributed by atoms with E-state index in [0.29, 0.717) is 0 Å². The Morgan fingerprint density at radius 3 is 1.71 bits per heavy atom. The molecule has 0 unspecified atom stereocenters. The molecule has 0 aliphatic heterocycles. The van der Waals surface area contributed by atoms with Gasteiger partial charge in [-0.1, -0.05) is 0 Å². The Morgan fingerprint density at radius 2 is 1.38 bits per heavy atom. The SMILES string of the molecule is CC(=O)O[C@H](C)C(=O)Nc1c(I)c(C(=O)O)c(I)c(C(=O)O)c1I. The normalized spacial score (nSPS) is 11.5. The van der Waals surface area contributed by atoms with Gasteiger partial charge < -0.3 is 20.3 Å². The summed E-state index contributed by atoms with van der Waals surface area (Å²) < 4.78 is 5.18. The van der Waals surface area contributed by atoms with E-state index in [0.717, 1.165) is 6.92 Å². The number of hydrogen-bond acceptors (Lipinski definition) is 5. The molecule has 130 valence electrons. The second-order valence-corrected chi connectivity index (χ2v) is 7.65. The summed E-state index contributed by atoms with van der Waals surface area (Å²) in [5.41, 5.74) is -0.385. The van der Waals surface area contributed by atoms with Crippen LogP contribution in [-0.2, 0) is 14.3 Å². The molecule has 8 nitrogen and oxygen atoms in total. The molecule has 3 N–H and O–H groups in total. The van der Waals surface area contributed by atoms with Gasteiger partial charge in [0.25, 0.3) is 5.91 Å². The minimum Gasteiger partial charge on any atom is -0.478 e. The van der Waals surface area contributed by atoms with Crippen LogP contribution in [0.2, 0.25) is 0 Å². The third kappa shape index (κ3) is 4.68. The van der Waals surface area contributed by atoms with Crippen LogP contribution in [0.25, 0.3) is 0 Å². The largest absolute Gasteiger partial charge is 0.478 e. The molecule has 0 bridgehead atoms. The van der Waals surface area contributed by atoms with Gasteiger partial charge in [-0.2, -0.15) is 0 Å². The number of amides is 1. The monoisotopic (exact) mass is 673 g/mol. The highest BCUT2D eigenvalue weighted by Crippen LogP contribution is 2.35. The Hall–Kier alpha value is -0.710. The van der Waals surface area contributed by atoms with Crippen LogP contribution in [0.3, 0.4) is 0 Å². The van der Waals surface area contributed by atoms with Gasteiger partial charge in [-0.15, -0.1) is 0 Å². The zero-order valence-electron chi connectivity index (χ0n) is 12.1. The minimum absolute atomic E-state index is 0.0513. The molecule has 0 heterocycles. The quantitative estimate of drug-likeness (QED) is 0.324. The van der Waals surface area contributed by atoms with Crippen molar-refractivity contribution >= 4 is 97.3 Å². The first kappa shape index (κ1) is 21.3. The van der Waals surface area contributed by atoms with E-state index in [1.165, 1.54) is 6.92 Å². The fourth-order valence-electron chi connectivity index (χ4n) is 1.68. The van der Waals surface area contributed by atoms with Crippen molar-refractivity contribution in [1.29, 1.82) is 0 Å². The molecular formula is C13H10I3NO7. The summed E-state index contributed by atoms with van der Waals surface area (Å²) in [5.74, 6) is -3.98. The number of esters is 1. The predicted octanol–water partition coefficient (Wildman–Crippen LogP) is 2.79. The van der Waals surface area contributed by atoms with Gasteiger partial charge in [-0.25, -0.2) is 9.59 Å². The third-order valence-electron chi connectivity index (χ3n) is 2.70.